The van der Waals surface area contributed by atoms with Crippen LogP contribution in [-0.4, -0.2) is 9.13 Å². The molecule has 0 radical (unpaired) electrons. The Morgan fingerprint density at radius 2 is 0.946 bits per heavy atom. The Labute approximate surface area is 433 Å². The number of rotatable bonds is 8. The van der Waals surface area contributed by atoms with Crippen LogP contribution in [0, 0.1) is 0 Å². The predicted molar refractivity (Wildman–Crippen MR) is 316 cm³/mol. The first-order valence-electron chi connectivity index (χ1n) is 25.9. The van der Waals surface area contributed by atoms with Crippen LogP contribution in [0.1, 0.15) is 30.7 Å². The Balaban J connectivity index is 0.932. The zero-order chi connectivity index (χ0) is 48.7. The topological polar surface area (TPSA) is 13.1 Å². The van der Waals surface area contributed by atoms with Crippen molar-refractivity contribution >= 4 is 97.3 Å². The highest BCUT2D eigenvalue weighted by Gasteiger charge is 2.28. The highest BCUT2D eigenvalue weighted by atomic mass is 32.1. The molecule has 3 aromatic heterocycles. The van der Waals surface area contributed by atoms with Crippen LogP contribution in [0.4, 0.5) is 11.4 Å². The van der Waals surface area contributed by atoms with Gasteiger partial charge in [0.1, 0.15) is 0 Å². The Kier molecular flexibility index (Phi) is 10.0. The van der Waals surface area contributed by atoms with E-state index >= 15 is 0 Å². The summed E-state index contributed by atoms with van der Waals surface area (Å²) in [5, 5.41) is 10.1. The van der Waals surface area contributed by atoms with Crippen LogP contribution >= 0.6 is 11.3 Å². The van der Waals surface area contributed by atoms with Gasteiger partial charge < -0.3 is 14.0 Å². The normalized spacial score (nSPS) is 14.0. The highest BCUT2D eigenvalue weighted by molar-refractivity contribution is 7.25. The maximum atomic E-state index is 2.56. The molecule has 350 valence electrons. The predicted octanol–water partition coefficient (Wildman–Crippen LogP) is 19.7. The van der Waals surface area contributed by atoms with Crippen molar-refractivity contribution in [2.45, 2.75) is 25.2 Å². The van der Waals surface area contributed by atoms with Gasteiger partial charge >= 0.3 is 0 Å². The Hall–Kier alpha value is -8.96. The van der Waals surface area contributed by atoms with Crippen molar-refractivity contribution in [2.24, 2.45) is 0 Å². The van der Waals surface area contributed by atoms with E-state index in [2.05, 4.69) is 269 Å². The lowest BCUT2D eigenvalue weighted by Crippen LogP contribution is -2.24. The number of hydrogen-bond donors (Lipinski definition) is 0. The minimum atomic E-state index is 0.139. The molecule has 0 N–H and O–H groups in total. The zero-order valence-corrected chi connectivity index (χ0v) is 41.5. The molecular weight excluding hydrogens is 915 g/mol. The Bertz CT molecular complexity index is 4530. The molecule has 0 spiro atoms. The number of para-hydroxylation sites is 4. The first-order chi connectivity index (χ1) is 36.7. The number of fused-ring (bicyclic) bond motifs is 10. The number of anilines is 2. The highest BCUT2D eigenvalue weighted by Crippen LogP contribution is 2.47. The summed E-state index contributed by atoms with van der Waals surface area (Å²) < 4.78 is 7.49. The fourth-order valence-corrected chi connectivity index (χ4v) is 13.4. The SMILES string of the molecule is C1=C(N(c2ccccc2)c2ccc3sc4ccccc4c3c2)C(c2cc(-c3ccc4c(c3)c3ccccc3n4-c3ccccc3)cc(-c3ccc4c(c3)c3ccccc3n4-c3ccc4ccccc4c3)c2)CCC1. The van der Waals surface area contributed by atoms with Crippen molar-refractivity contribution in [1.29, 1.82) is 0 Å². The van der Waals surface area contributed by atoms with Crippen molar-refractivity contribution < 1.29 is 0 Å². The van der Waals surface area contributed by atoms with E-state index in [0.29, 0.717) is 0 Å². The van der Waals surface area contributed by atoms with Gasteiger partial charge in [0.2, 0.25) is 0 Å². The van der Waals surface area contributed by atoms with E-state index in [1.807, 2.05) is 11.3 Å². The van der Waals surface area contributed by atoms with Gasteiger partial charge in [-0.25, -0.2) is 0 Å². The molecule has 15 rings (SSSR count). The molecule has 1 aliphatic carbocycles. The minimum absolute atomic E-state index is 0.139. The molecule has 0 saturated heterocycles. The van der Waals surface area contributed by atoms with Crippen LogP contribution in [0.5, 0.6) is 0 Å². The standard InChI is InChI=1S/C70H49N3S/c1-3-19-53(20-4-1)71(56-35-38-70-63(45-56)60-26-12-16-30-69(60)74-70)64-27-13-9-23-57(64)52-40-50(48-32-36-67-61(43-48)58-24-10-14-28-65(58)72(67)54-21-5-2-6-22-54)39-51(41-52)49-33-37-68-62(44-49)59-25-11-15-29-66(59)73(68)55-34-31-46-17-7-8-18-47(46)42-55/h1-8,10-12,14-22,24-45,57H,9,13,23H2. The number of thiophene rings is 1. The largest absolute Gasteiger partial charge is 0.314 e. The second-order valence-corrected chi connectivity index (χ2v) is 21.0. The van der Waals surface area contributed by atoms with Crippen LogP contribution < -0.4 is 4.90 Å². The van der Waals surface area contributed by atoms with Gasteiger partial charge in [-0.1, -0.05) is 152 Å². The van der Waals surface area contributed by atoms with Gasteiger partial charge in [0.15, 0.2) is 0 Å². The van der Waals surface area contributed by atoms with Gasteiger partial charge in [-0.05, 0) is 161 Å². The summed E-state index contributed by atoms with van der Waals surface area (Å²) in [6.45, 7) is 0. The summed E-state index contributed by atoms with van der Waals surface area (Å²) >= 11 is 1.88. The fourth-order valence-electron chi connectivity index (χ4n) is 12.3. The van der Waals surface area contributed by atoms with E-state index in [0.717, 1.165) is 19.3 Å². The molecule has 14 aromatic rings. The smallest absolute Gasteiger partial charge is 0.0541 e. The lowest BCUT2D eigenvalue weighted by Gasteiger charge is -2.36. The molecule has 1 aliphatic rings. The summed E-state index contributed by atoms with van der Waals surface area (Å²) in [7, 11) is 0. The van der Waals surface area contributed by atoms with Gasteiger partial charge in [0, 0.05) is 76.1 Å². The second kappa shape index (κ2) is 17.4. The fraction of sp³-hybridized carbons (Fsp3) is 0.0571. The molecule has 1 unspecified atom stereocenters. The molecule has 4 heteroatoms. The molecule has 0 amide bonds. The molecule has 3 nitrogen and oxygen atoms in total. The first-order valence-corrected chi connectivity index (χ1v) is 26.7. The second-order valence-electron chi connectivity index (χ2n) is 19.9. The first kappa shape index (κ1) is 42.7. The maximum absolute atomic E-state index is 2.56. The van der Waals surface area contributed by atoms with Gasteiger partial charge in [0.25, 0.3) is 0 Å². The average molecular weight is 964 g/mol. The van der Waals surface area contributed by atoms with Crippen LogP contribution in [-0.2, 0) is 0 Å². The number of benzene rings is 11. The number of aromatic nitrogens is 2. The third-order valence-corrected chi connectivity index (χ3v) is 16.8. The molecule has 1 atom stereocenters. The monoisotopic (exact) mass is 963 g/mol. The summed E-state index contributed by atoms with van der Waals surface area (Å²) in [6.07, 6.45) is 5.73. The number of nitrogens with zero attached hydrogens (tertiary/aromatic N) is 3. The molecule has 0 bridgehead atoms. The number of allylic oxidation sites excluding steroid dienone is 2. The molecule has 0 saturated carbocycles. The van der Waals surface area contributed by atoms with Crippen molar-refractivity contribution in [3.05, 3.63) is 266 Å². The van der Waals surface area contributed by atoms with Crippen LogP contribution in [0.3, 0.4) is 0 Å². The van der Waals surface area contributed by atoms with Crippen LogP contribution in [0.2, 0.25) is 0 Å². The van der Waals surface area contributed by atoms with Crippen molar-refractivity contribution in [1.82, 2.24) is 9.13 Å². The Morgan fingerprint density at radius 3 is 1.66 bits per heavy atom. The van der Waals surface area contributed by atoms with Crippen LogP contribution in [0.25, 0.3) is 108 Å². The average Bonchev–Trinajstić information content (AvgIpc) is 4.15. The van der Waals surface area contributed by atoms with Gasteiger partial charge in [-0.3, -0.25) is 0 Å². The van der Waals surface area contributed by atoms with Crippen molar-refractivity contribution in [3.8, 4) is 33.6 Å². The van der Waals surface area contributed by atoms with Crippen molar-refractivity contribution in [2.75, 3.05) is 4.90 Å². The van der Waals surface area contributed by atoms with Crippen molar-refractivity contribution in [3.63, 3.8) is 0 Å². The molecule has 74 heavy (non-hydrogen) atoms. The van der Waals surface area contributed by atoms with E-state index in [1.165, 1.54) is 131 Å². The van der Waals surface area contributed by atoms with Gasteiger partial charge in [0.05, 0.1) is 22.1 Å². The van der Waals surface area contributed by atoms with Crippen LogP contribution in [0.15, 0.2) is 260 Å². The molecule has 0 aliphatic heterocycles. The summed E-state index contributed by atoms with van der Waals surface area (Å²) in [5.41, 5.74) is 17.0. The molecule has 0 fully saturated rings. The quantitative estimate of drug-likeness (QED) is 0.148. The third-order valence-electron chi connectivity index (χ3n) is 15.7. The van der Waals surface area contributed by atoms with E-state index in [4.69, 9.17) is 0 Å². The number of hydrogen-bond acceptors (Lipinski definition) is 2. The zero-order valence-electron chi connectivity index (χ0n) is 40.7. The molecule has 3 heterocycles. The van der Waals surface area contributed by atoms with E-state index < -0.39 is 0 Å². The molecule has 11 aromatic carbocycles. The molecular formula is C70H49N3S. The van der Waals surface area contributed by atoms with E-state index in [9.17, 15) is 0 Å². The van der Waals surface area contributed by atoms with Gasteiger partial charge in [-0.15, -0.1) is 11.3 Å². The van der Waals surface area contributed by atoms with E-state index in [-0.39, 0.29) is 5.92 Å². The summed E-state index contributed by atoms with van der Waals surface area (Å²) in [5.74, 6) is 0.139. The van der Waals surface area contributed by atoms with Gasteiger partial charge in [-0.2, -0.15) is 0 Å². The third kappa shape index (κ3) is 7.01. The summed E-state index contributed by atoms with van der Waals surface area (Å²) in [6, 6.07) is 92.7. The lowest BCUT2D eigenvalue weighted by molar-refractivity contribution is 0.614. The Morgan fingerprint density at radius 1 is 0.365 bits per heavy atom. The lowest BCUT2D eigenvalue weighted by atomic mass is 9.82. The maximum Gasteiger partial charge on any atom is 0.0541 e. The van der Waals surface area contributed by atoms with E-state index in [1.54, 1.807) is 0 Å². The minimum Gasteiger partial charge on any atom is -0.314 e. The summed E-state index contributed by atoms with van der Waals surface area (Å²) in [4.78, 5) is 2.56.